The molecule has 27 heavy (non-hydrogen) atoms. The van der Waals surface area contributed by atoms with E-state index in [9.17, 15) is 9.90 Å². The van der Waals surface area contributed by atoms with Crippen molar-refractivity contribution in [2.45, 2.75) is 45.7 Å². The second kappa shape index (κ2) is 7.16. The third-order valence-electron chi connectivity index (χ3n) is 5.50. The summed E-state index contributed by atoms with van der Waals surface area (Å²) >= 11 is 0. The maximum Gasteiger partial charge on any atom is 0.232 e. The van der Waals surface area contributed by atoms with Crippen molar-refractivity contribution >= 4 is 11.9 Å². The molecule has 4 rings (SSSR count). The standard InChI is InChI=1S/C22H24N2O3/c1-14-10-18(25)17(13-24-9-4-3-6-15(24)2)22-20(14)21(26)19(27-22)11-16-7-5-8-23-12-16/h5,7-8,10-12,15,25H,3-4,6,9,13H2,1-2H3/b19-11-/t15-/m0/s1. The second-order valence-corrected chi connectivity index (χ2v) is 7.44. The van der Waals surface area contributed by atoms with Gasteiger partial charge in [-0.25, -0.2) is 0 Å². The first-order valence-corrected chi connectivity index (χ1v) is 9.48. The van der Waals surface area contributed by atoms with E-state index in [2.05, 4.69) is 16.8 Å². The minimum absolute atomic E-state index is 0.140. The second-order valence-electron chi connectivity index (χ2n) is 7.44. The number of ketones is 1. The zero-order valence-electron chi connectivity index (χ0n) is 15.7. The Morgan fingerprint density at radius 3 is 3.00 bits per heavy atom. The van der Waals surface area contributed by atoms with Gasteiger partial charge in [0.15, 0.2) is 5.76 Å². The lowest BCUT2D eigenvalue weighted by Gasteiger charge is -2.33. The summed E-state index contributed by atoms with van der Waals surface area (Å²) in [5, 5.41) is 10.6. The fourth-order valence-electron chi connectivity index (χ4n) is 3.94. The summed E-state index contributed by atoms with van der Waals surface area (Å²) in [4.78, 5) is 19.4. The average Bonchev–Trinajstić information content (AvgIpc) is 2.97. The van der Waals surface area contributed by atoms with E-state index < -0.39 is 0 Å². The van der Waals surface area contributed by atoms with Gasteiger partial charge in [0.2, 0.25) is 5.78 Å². The minimum Gasteiger partial charge on any atom is -0.507 e. The van der Waals surface area contributed by atoms with E-state index in [4.69, 9.17) is 4.74 Å². The molecule has 2 aromatic rings. The fraction of sp³-hybridized carbons (Fsp3) is 0.364. The Kier molecular flexibility index (Phi) is 4.70. The highest BCUT2D eigenvalue weighted by atomic mass is 16.5. The number of piperidine rings is 1. The van der Waals surface area contributed by atoms with Gasteiger partial charge in [0.1, 0.15) is 11.5 Å². The first-order chi connectivity index (χ1) is 13.0. The highest BCUT2D eigenvalue weighted by Crippen LogP contribution is 2.42. The van der Waals surface area contributed by atoms with Gasteiger partial charge in [0.25, 0.3) is 0 Å². The number of phenols is 1. The molecule has 140 valence electrons. The molecule has 2 aliphatic rings. The molecule has 1 saturated heterocycles. The largest absolute Gasteiger partial charge is 0.507 e. The number of benzene rings is 1. The predicted molar refractivity (Wildman–Crippen MR) is 104 cm³/mol. The molecule has 1 atom stereocenters. The van der Waals surface area contributed by atoms with Crippen molar-refractivity contribution in [1.29, 1.82) is 0 Å². The molecular weight excluding hydrogens is 340 g/mol. The van der Waals surface area contributed by atoms with Gasteiger partial charge in [-0.1, -0.05) is 12.5 Å². The summed E-state index contributed by atoms with van der Waals surface area (Å²) in [6, 6.07) is 5.83. The minimum atomic E-state index is -0.140. The Labute approximate surface area is 159 Å². The molecule has 2 aliphatic heterocycles. The maximum absolute atomic E-state index is 12.9. The third-order valence-corrected chi connectivity index (χ3v) is 5.50. The molecule has 5 heteroatoms. The van der Waals surface area contributed by atoms with Crippen LogP contribution in [0.25, 0.3) is 6.08 Å². The Balaban J connectivity index is 1.71. The van der Waals surface area contributed by atoms with Crippen LogP contribution < -0.4 is 4.74 Å². The molecule has 0 radical (unpaired) electrons. The molecule has 0 unspecified atom stereocenters. The summed E-state index contributed by atoms with van der Waals surface area (Å²) in [6.45, 7) is 5.63. The number of carbonyl (C=O) groups is 1. The van der Waals surface area contributed by atoms with Crippen LogP contribution in [-0.2, 0) is 6.54 Å². The smallest absolute Gasteiger partial charge is 0.232 e. The van der Waals surface area contributed by atoms with E-state index in [0.29, 0.717) is 29.5 Å². The van der Waals surface area contributed by atoms with Crippen molar-refractivity contribution in [2.75, 3.05) is 6.54 Å². The SMILES string of the molecule is Cc1cc(O)c(CN2CCCC[C@@H]2C)c2c1C(=O)/C(=C/c1cccnc1)O2. The lowest BCUT2D eigenvalue weighted by atomic mass is 9.97. The van der Waals surface area contributed by atoms with Crippen molar-refractivity contribution in [3.8, 4) is 11.5 Å². The summed E-state index contributed by atoms with van der Waals surface area (Å²) in [6.07, 6.45) is 8.63. The molecule has 1 aromatic heterocycles. The normalized spacial score (nSPS) is 21.3. The van der Waals surface area contributed by atoms with Crippen LogP contribution in [0, 0.1) is 6.92 Å². The van der Waals surface area contributed by atoms with Crippen molar-refractivity contribution in [1.82, 2.24) is 9.88 Å². The number of phenolic OH excluding ortho intramolecular Hbond substituents is 1. The van der Waals surface area contributed by atoms with Crippen LogP contribution in [-0.4, -0.2) is 33.4 Å². The number of Topliss-reactive ketones (excluding diaryl/α,β-unsaturated/α-hetero) is 1. The van der Waals surface area contributed by atoms with Gasteiger partial charge < -0.3 is 9.84 Å². The zero-order valence-corrected chi connectivity index (χ0v) is 15.7. The summed E-state index contributed by atoms with van der Waals surface area (Å²) in [7, 11) is 0. The van der Waals surface area contributed by atoms with E-state index in [1.165, 1.54) is 6.42 Å². The van der Waals surface area contributed by atoms with Crippen LogP contribution in [0.15, 0.2) is 36.4 Å². The Morgan fingerprint density at radius 2 is 2.26 bits per heavy atom. The van der Waals surface area contributed by atoms with Crippen molar-refractivity contribution < 1.29 is 14.6 Å². The van der Waals surface area contributed by atoms with Crippen LogP contribution in [0.1, 0.15) is 53.2 Å². The molecule has 0 bridgehead atoms. The van der Waals surface area contributed by atoms with E-state index in [1.807, 2.05) is 19.1 Å². The number of hydrogen-bond donors (Lipinski definition) is 1. The number of pyridine rings is 1. The third kappa shape index (κ3) is 3.35. The molecule has 5 nitrogen and oxygen atoms in total. The number of rotatable bonds is 3. The fourth-order valence-corrected chi connectivity index (χ4v) is 3.94. The summed E-state index contributed by atoms with van der Waals surface area (Å²) < 4.78 is 5.99. The van der Waals surface area contributed by atoms with Gasteiger partial charge in [0, 0.05) is 25.0 Å². The molecule has 1 fully saturated rings. The number of nitrogens with zero attached hydrogens (tertiary/aromatic N) is 2. The summed E-state index contributed by atoms with van der Waals surface area (Å²) in [5.74, 6) is 0.837. The van der Waals surface area contributed by atoms with Gasteiger partial charge in [0.05, 0.1) is 11.1 Å². The Morgan fingerprint density at radius 1 is 1.41 bits per heavy atom. The van der Waals surface area contributed by atoms with E-state index >= 15 is 0 Å². The van der Waals surface area contributed by atoms with Crippen molar-refractivity contribution in [3.63, 3.8) is 0 Å². The molecule has 0 aliphatic carbocycles. The Hall–Kier alpha value is -2.66. The molecule has 0 saturated carbocycles. The van der Waals surface area contributed by atoms with E-state index in [-0.39, 0.29) is 17.3 Å². The number of aromatic hydroxyl groups is 1. The van der Waals surface area contributed by atoms with Crippen molar-refractivity contribution in [2.24, 2.45) is 0 Å². The van der Waals surface area contributed by atoms with Gasteiger partial charge in [-0.3, -0.25) is 14.7 Å². The number of carbonyl (C=O) groups excluding carboxylic acids is 1. The zero-order chi connectivity index (χ0) is 19.0. The highest BCUT2D eigenvalue weighted by molar-refractivity contribution is 6.15. The van der Waals surface area contributed by atoms with Crippen LogP contribution >= 0.6 is 0 Å². The van der Waals surface area contributed by atoms with Crippen LogP contribution in [0.2, 0.25) is 0 Å². The topological polar surface area (TPSA) is 62.7 Å². The molecule has 0 spiro atoms. The average molecular weight is 364 g/mol. The van der Waals surface area contributed by atoms with Gasteiger partial charge in [-0.05, 0) is 62.6 Å². The molecular formula is C22H24N2O3. The lowest BCUT2D eigenvalue weighted by molar-refractivity contribution is 0.101. The van der Waals surface area contributed by atoms with E-state index in [0.717, 1.165) is 30.5 Å². The quantitative estimate of drug-likeness (QED) is 0.831. The van der Waals surface area contributed by atoms with E-state index in [1.54, 1.807) is 24.5 Å². The van der Waals surface area contributed by atoms with Gasteiger partial charge in [-0.2, -0.15) is 0 Å². The number of fused-ring (bicyclic) bond motifs is 1. The van der Waals surface area contributed by atoms with Crippen LogP contribution in [0.4, 0.5) is 0 Å². The lowest BCUT2D eigenvalue weighted by Crippen LogP contribution is -2.36. The summed E-state index contributed by atoms with van der Waals surface area (Å²) in [5.41, 5.74) is 2.80. The number of ether oxygens (including phenoxy) is 1. The van der Waals surface area contributed by atoms with Crippen molar-refractivity contribution in [3.05, 3.63) is 58.6 Å². The molecule has 0 amide bonds. The van der Waals surface area contributed by atoms with Gasteiger partial charge in [-0.15, -0.1) is 0 Å². The Bertz CT molecular complexity index is 906. The van der Waals surface area contributed by atoms with Gasteiger partial charge >= 0.3 is 0 Å². The number of aromatic nitrogens is 1. The number of aryl methyl sites for hydroxylation is 1. The van der Waals surface area contributed by atoms with Crippen LogP contribution in [0.5, 0.6) is 11.5 Å². The molecule has 3 heterocycles. The maximum atomic E-state index is 12.9. The number of likely N-dealkylation sites (tertiary alicyclic amines) is 1. The highest BCUT2D eigenvalue weighted by Gasteiger charge is 2.34. The first-order valence-electron chi connectivity index (χ1n) is 9.48. The number of allylic oxidation sites excluding steroid dienone is 1. The predicted octanol–water partition coefficient (Wildman–Crippen LogP) is 4.09. The number of hydrogen-bond acceptors (Lipinski definition) is 5. The monoisotopic (exact) mass is 364 g/mol. The van der Waals surface area contributed by atoms with Crippen LogP contribution in [0.3, 0.4) is 0 Å². The molecule has 1 N–H and O–H groups in total. The first kappa shape index (κ1) is 17.7. The molecule has 1 aromatic carbocycles.